The minimum atomic E-state index is -0.217. The zero-order valence-electron chi connectivity index (χ0n) is 14.2. The normalized spacial score (nSPS) is 11.3. The van der Waals surface area contributed by atoms with E-state index >= 15 is 0 Å². The maximum atomic E-state index is 12.1. The first-order valence-corrected chi connectivity index (χ1v) is 8.24. The maximum absolute atomic E-state index is 12.1. The maximum Gasteiger partial charge on any atom is 0.248 e. The molecule has 0 aliphatic rings. The molecule has 25 heavy (non-hydrogen) atoms. The molecule has 0 fully saturated rings. The van der Waals surface area contributed by atoms with Gasteiger partial charge in [-0.15, -0.1) is 0 Å². The monoisotopic (exact) mass is 332 g/mol. The number of anilines is 1. The third-order valence-electron chi connectivity index (χ3n) is 3.99. The Labute approximate surface area is 146 Å². The van der Waals surface area contributed by atoms with E-state index in [1.807, 2.05) is 42.5 Å². The number of hydrogen-bond acceptors (Lipinski definition) is 2. The predicted octanol–water partition coefficient (Wildman–Crippen LogP) is 4.30. The molecule has 0 saturated heterocycles. The van der Waals surface area contributed by atoms with Gasteiger partial charge in [0, 0.05) is 23.2 Å². The third kappa shape index (κ3) is 4.04. The van der Waals surface area contributed by atoms with Crippen molar-refractivity contribution in [3.05, 3.63) is 82.2 Å². The molecule has 0 radical (unpaired) electrons. The Bertz CT molecular complexity index is 986. The Balaban J connectivity index is 1.83. The topological polar surface area (TPSA) is 62.0 Å². The van der Waals surface area contributed by atoms with E-state index in [-0.39, 0.29) is 17.4 Å². The number of fused-ring (bicyclic) bond motifs is 1. The number of aromatic nitrogens is 1. The van der Waals surface area contributed by atoms with Crippen LogP contribution in [0.25, 0.3) is 17.0 Å². The molecule has 3 rings (SSSR count). The number of amides is 1. The van der Waals surface area contributed by atoms with Crippen molar-refractivity contribution in [3.63, 3.8) is 0 Å². The fourth-order valence-corrected chi connectivity index (χ4v) is 2.76. The molecule has 2 N–H and O–H groups in total. The number of carbonyl (C=O) groups excluding carboxylic acids is 1. The second-order valence-electron chi connectivity index (χ2n) is 6.24. The summed E-state index contributed by atoms with van der Waals surface area (Å²) in [5.41, 5.74) is 3.19. The van der Waals surface area contributed by atoms with Gasteiger partial charge in [-0.25, -0.2) is 0 Å². The number of hydrogen-bond donors (Lipinski definition) is 2. The number of carbonyl (C=O) groups is 1. The van der Waals surface area contributed by atoms with Gasteiger partial charge < -0.3 is 10.3 Å². The van der Waals surface area contributed by atoms with Crippen LogP contribution in [0, 0.1) is 0 Å². The van der Waals surface area contributed by atoms with Crippen LogP contribution in [0.2, 0.25) is 0 Å². The predicted molar refractivity (Wildman–Crippen MR) is 103 cm³/mol. The van der Waals surface area contributed by atoms with Gasteiger partial charge in [0.2, 0.25) is 11.5 Å². The lowest BCUT2D eigenvalue weighted by molar-refractivity contribution is -0.111. The van der Waals surface area contributed by atoms with Crippen molar-refractivity contribution in [2.75, 3.05) is 5.32 Å². The van der Waals surface area contributed by atoms with E-state index in [9.17, 15) is 9.59 Å². The lowest BCUT2D eigenvalue weighted by atomic mass is 9.99. The first-order valence-electron chi connectivity index (χ1n) is 8.24. The molecule has 0 bridgehead atoms. The number of pyridine rings is 1. The van der Waals surface area contributed by atoms with Crippen LogP contribution >= 0.6 is 0 Å². The van der Waals surface area contributed by atoms with Crippen molar-refractivity contribution in [1.29, 1.82) is 0 Å². The van der Waals surface area contributed by atoms with Gasteiger partial charge in [-0.2, -0.15) is 0 Å². The molecule has 3 aromatic rings. The van der Waals surface area contributed by atoms with Crippen LogP contribution in [0.4, 0.5) is 5.69 Å². The highest BCUT2D eigenvalue weighted by molar-refractivity contribution is 6.03. The summed E-state index contributed by atoms with van der Waals surface area (Å²) in [6.45, 7) is 4.11. The molecule has 0 aliphatic heterocycles. The molecule has 0 spiro atoms. The van der Waals surface area contributed by atoms with Gasteiger partial charge in [0.15, 0.2) is 0 Å². The number of rotatable bonds is 4. The summed E-state index contributed by atoms with van der Waals surface area (Å²) in [4.78, 5) is 26.8. The summed E-state index contributed by atoms with van der Waals surface area (Å²) in [6.07, 6.45) is 3.25. The molecule has 2 aromatic carbocycles. The summed E-state index contributed by atoms with van der Waals surface area (Å²) in [5, 5.41) is 3.82. The molecule has 1 amide bonds. The van der Waals surface area contributed by atoms with E-state index in [4.69, 9.17) is 0 Å². The average molecular weight is 332 g/mol. The number of aromatic amines is 1. The van der Waals surface area contributed by atoms with E-state index < -0.39 is 0 Å². The van der Waals surface area contributed by atoms with Crippen molar-refractivity contribution in [1.82, 2.24) is 4.98 Å². The standard InChI is InChI=1S/C21H20N2O2/c1-14(2)18-13-21(25)23-19-12-16(9-10-17(18)19)22-20(24)11-8-15-6-4-3-5-7-15/h3-14H,1-2H3,(H,22,24)(H,23,25)/b11-8-. The van der Waals surface area contributed by atoms with Crippen LogP contribution in [-0.2, 0) is 4.79 Å². The Hall–Kier alpha value is -3.14. The Morgan fingerprint density at radius 3 is 2.56 bits per heavy atom. The Morgan fingerprint density at radius 2 is 1.84 bits per heavy atom. The van der Waals surface area contributed by atoms with E-state index in [1.54, 1.807) is 18.2 Å². The minimum Gasteiger partial charge on any atom is -0.322 e. The van der Waals surface area contributed by atoms with Crippen LogP contribution in [0.1, 0.15) is 30.9 Å². The summed E-state index contributed by atoms with van der Waals surface area (Å²) < 4.78 is 0. The average Bonchev–Trinajstić information content (AvgIpc) is 2.59. The van der Waals surface area contributed by atoms with Crippen molar-refractivity contribution in [3.8, 4) is 0 Å². The number of H-pyrrole nitrogens is 1. The molecule has 0 unspecified atom stereocenters. The molecule has 1 heterocycles. The summed E-state index contributed by atoms with van der Waals surface area (Å²) >= 11 is 0. The van der Waals surface area contributed by atoms with Crippen molar-refractivity contribution < 1.29 is 4.79 Å². The molecule has 4 heteroatoms. The third-order valence-corrected chi connectivity index (χ3v) is 3.99. The van der Waals surface area contributed by atoms with Crippen molar-refractivity contribution in [2.45, 2.75) is 19.8 Å². The summed E-state index contributed by atoms with van der Waals surface area (Å²) in [6, 6.07) is 16.8. The fourth-order valence-electron chi connectivity index (χ4n) is 2.76. The largest absolute Gasteiger partial charge is 0.322 e. The van der Waals surface area contributed by atoms with Crippen LogP contribution < -0.4 is 10.9 Å². The van der Waals surface area contributed by atoms with Crippen LogP contribution in [0.15, 0.2) is 65.5 Å². The molecule has 0 atom stereocenters. The first kappa shape index (κ1) is 16.7. The highest BCUT2D eigenvalue weighted by Crippen LogP contribution is 2.24. The molecule has 1 aromatic heterocycles. The zero-order valence-corrected chi connectivity index (χ0v) is 14.2. The van der Waals surface area contributed by atoms with Gasteiger partial charge in [0.25, 0.3) is 0 Å². The quantitative estimate of drug-likeness (QED) is 0.700. The van der Waals surface area contributed by atoms with Crippen LogP contribution in [-0.4, -0.2) is 10.9 Å². The molecule has 126 valence electrons. The molecule has 4 nitrogen and oxygen atoms in total. The second kappa shape index (κ2) is 7.18. The fraction of sp³-hybridized carbons (Fsp3) is 0.143. The summed E-state index contributed by atoms with van der Waals surface area (Å²) in [5.74, 6) is 0.0320. The SMILES string of the molecule is CC(C)c1cc(=O)[nH]c2cc(NC(=O)/C=C\c3ccccc3)ccc12. The lowest BCUT2D eigenvalue weighted by Gasteiger charge is -2.11. The second-order valence-corrected chi connectivity index (χ2v) is 6.24. The molecular weight excluding hydrogens is 312 g/mol. The van der Waals surface area contributed by atoms with Gasteiger partial charge in [0.1, 0.15) is 0 Å². The molecule has 0 aliphatic carbocycles. The van der Waals surface area contributed by atoms with Crippen molar-refractivity contribution >= 4 is 28.6 Å². The van der Waals surface area contributed by atoms with Gasteiger partial charge in [0.05, 0.1) is 5.52 Å². The van der Waals surface area contributed by atoms with Crippen LogP contribution in [0.5, 0.6) is 0 Å². The smallest absolute Gasteiger partial charge is 0.248 e. The highest BCUT2D eigenvalue weighted by atomic mass is 16.1. The number of nitrogens with one attached hydrogen (secondary N) is 2. The van der Waals surface area contributed by atoms with E-state index in [2.05, 4.69) is 24.1 Å². The highest BCUT2D eigenvalue weighted by Gasteiger charge is 2.08. The van der Waals surface area contributed by atoms with Gasteiger partial charge >= 0.3 is 0 Å². The zero-order chi connectivity index (χ0) is 17.8. The first-order chi connectivity index (χ1) is 12.0. The van der Waals surface area contributed by atoms with E-state index in [0.717, 1.165) is 22.0 Å². The molecular formula is C21H20N2O2. The van der Waals surface area contributed by atoms with Crippen molar-refractivity contribution in [2.24, 2.45) is 0 Å². The molecule has 0 saturated carbocycles. The van der Waals surface area contributed by atoms with Gasteiger partial charge in [-0.1, -0.05) is 50.2 Å². The Morgan fingerprint density at radius 1 is 1.08 bits per heavy atom. The Kier molecular flexibility index (Phi) is 4.80. The van der Waals surface area contributed by atoms with Crippen LogP contribution in [0.3, 0.4) is 0 Å². The van der Waals surface area contributed by atoms with E-state index in [1.165, 1.54) is 6.08 Å². The lowest BCUT2D eigenvalue weighted by Crippen LogP contribution is -2.10. The summed E-state index contributed by atoms with van der Waals surface area (Å²) in [7, 11) is 0. The van der Waals surface area contributed by atoms with Gasteiger partial charge in [-0.3, -0.25) is 9.59 Å². The van der Waals surface area contributed by atoms with E-state index in [0.29, 0.717) is 5.69 Å². The minimum absolute atomic E-state index is 0.136. The van der Waals surface area contributed by atoms with Gasteiger partial charge in [-0.05, 0) is 35.3 Å². The number of benzene rings is 2.